The quantitative estimate of drug-likeness (QED) is 0.786. The van der Waals surface area contributed by atoms with Gasteiger partial charge in [-0.25, -0.2) is 4.79 Å². The van der Waals surface area contributed by atoms with Crippen LogP contribution in [0.1, 0.15) is 34.3 Å². The summed E-state index contributed by atoms with van der Waals surface area (Å²) in [5.74, 6) is -2.58. The van der Waals surface area contributed by atoms with Gasteiger partial charge in [-0.2, -0.15) is 13.2 Å². The van der Waals surface area contributed by atoms with Crippen LogP contribution in [0.25, 0.3) is 0 Å². The third-order valence-electron chi connectivity index (χ3n) is 2.82. The van der Waals surface area contributed by atoms with E-state index in [0.29, 0.717) is 6.07 Å². The van der Waals surface area contributed by atoms with E-state index in [0.717, 1.165) is 6.07 Å². The molecule has 0 aromatic heterocycles. The molecule has 1 heterocycles. The molecule has 8 heteroatoms. The van der Waals surface area contributed by atoms with Crippen molar-refractivity contribution < 1.29 is 32.4 Å². The molecule has 0 radical (unpaired) electrons. The third-order valence-corrected chi connectivity index (χ3v) is 2.82. The van der Waals surface area contributed by atoms with Gasteiger partial charge in [-0.05, 0) is 30.7 Å². The molecule has 112 valence electrons. The first-order valence-corrected chi connectivity index (χ1v) is 5.95. The monoisotopic (exact) mass is 301 g/mol. The summed E-state index contributed by atoms with van der Waals surface area (Å²) >= 11 is 0. The van der Waals surface area contributed by atoms with Crippen molar-refractivity contribution in [3.63, 3.8) is 0 Å². The molecule has 5 nitrogen and oxygen atoms in total. The minimum atomic E-state index is -4.61. The summed E-state index contributed by atoms with van der Waals surface area (Å²) in [6.07, 6.45) is -4.79. The topological polar surface area (TPSA) is 63.7 Å². The molecular formula is C13H10F3NO4. The first-order chi connectivity index (χ1) is 9.68. The van der Waals surface area contributed by atoms with E-state index in [2.05, 4.69) is 4.84 Å². The molecule has 0 atom stereocenters. The van der Waals surface area contributed by atoms with Crippen LogP contribution in [0, 0.1) is 6.92 Å². The summed E-state index contributed by atoms with van der Waals surface area (Å²) in [7, 11) is 0. The van der Waals surface area contributed by atoms with Crippen LogP contribution in [0.3, 0.4) is 0 Å². The van der Waals surface area contributed by atoms with Gasteiger partial charge in [-0.3, -0.25) is 9.59 Å². The fraction of sp³-hybridized carbons (Fsp3) is 0.308. The summed E-state index contributed by atoms with van der Waals surface area (Å²) in [6, 6.07) is 2.67. The second kappa shape index (κ2) is 5.19. The minimum Gasteiger partial charge on any atom is -0.325 e. The number of hydroxylamine groups is 2. The zero-order valence-electron chi connectivity index (χ0n) is 10.9. The number of hydrogen-bond donors (Lipinski definition) is 0. The minimum absolute atomic E-state index is 0.0896. The van der Waals surface area contributed by atoms with Gasteiger partial charge in [0, 0.05) is 12.8 Å². The molecule has 1 aliphatic heterocycles. The highest BCUT2D eigenvalue weighted by atomic mass is 19.4. The number of hydrogen-bond acceptors (Lipinski definition) is 4. The molecule has 0 saturated carbocycles. The molecular weight excluding hydrogens is 291 g/mol. The summed E-state index contributed by atoms with van der Waals surface area (Å²) < 4.78 is 38.0. The standard InChI is InChI=1S/C13H10F3NO4/c1-7-4-8(6-9(5-7)13(14,15)16)12(20)21-17-10(18)2-3-11(17)19/h4-6H,2-3H2,1H3. The molecule has 1 fully saturated rings. The van der Waals surface area contributed by atoms with Crippen molar-refractivity contribution in [3.05, 3.63) is 34.9 Å². The van der Waals surface area contributed by atoms with Crippen molar-refractivity contribution in [2.75, 3.05) is 0 Å². The molecule has 1 saturated heterocycles. The smallest absolute Gasteiger partial charge is 0.325 e. The number of benzene rings is 1. The van der Waals surface area contributed by atoms with Gasteiger partial charge in [-0.1, -0.05) is 0 Å². The van der Waals surface area contributed by atoms with E-state index in [1.165, 1.54) is 13.0 Å². The van der Waals surface area contributed by atoms with Gasteiger partial charge < -0.3 is 4.84 Å². The van der Waals surface area contributed by atoms with Gasteiger partial charge in [0.1, 0.15) is 0 Å². The Bertz CT molecular complexity index is 608. The average Bonchev–Trinajstić information content (AvgIpc) is 2.68. The van der Waals surface area contributed by atoms with E-state index in [4.69, 9.17) is 0 Å². The van der Waals surface area contributed by atoms with Gasteiger partial charge >= 0.3 is 12.1 Å². The van der Waals surface area contributed by atoms with E-state index >= 15 is 0 Å². The molecule has 0 bridgehead atoms. The van der Waals surface area contributed by atoms with Crippen molar-refractivity contribution in [2.24, 2.45) is 0 Å². The van der Waals surface area contributed by atoms with Crippen LogP contribution in [-0.4, -0.2) is 22.8 Å². The predicted molar refractivity (Wildman–Crippen MR) is 62.7 cm³/mol. The van der Waals surface area contributed by atoms with Crippen molar-refractivity contribution in [3.8, 4) is 0 Å². The summed E-state index contributed by atoms with van der Waals surface area (Å²) in [4.78, 5) is 38.9. The largest absolute Gasteiger partial charge is 0.416 e. The number of carbonyl (C=O) groups is 3. The Morgan fingerprint density at radius 1 is 1.14 bits per heavy atom. The van der Waals surface area contributed by atoms with Crippen LogP contribution < -0.4 is 0 Å². The van der Waals surface area contributed by atoms with Crippen molar-refractivity contribution in [1.29, 1.82) is 0 Å². The maximum atomic E-state index is 12.7. The second-order valence-electron chi connectivity index (χ2n) is 4.55. The van der Waals surface area contributed by atoms with Crippen molar-refractivity contribution in [1.82, 2.24) is 5.06 Å². The highest BCUT2D eigenvalue weighted by molar-refractivity contribution is 6.02. The first kappa shape index (κ1) is 15.0. The normalized spacial score (nSPS) is 15.5. The Labute approximate surface area is 117 Å². The SMILES string of the molecule is Cc1cc(C(=O)ON2C(=O)CCC2=O)cc(C(F)(F)F)c1. The van der Waals surface area contributed by atoms with Gasteiger partial charge in [0.25, 0.3) is 11.8 Å². The number of amides is 2. The molecule has 0 N–H and O–H groups in total. The van der Waals surface area contributed by atoms with Crippen LogP contribution in [0.2, 0.25) is 0 Å². The Morgan fingerprint density at radius 2 is 1.71 bits per heavy atom. The van der Waals surface area contributed by atoms with Gasteiger partial charge in [0.2, 0.25) is 0 Å². The zero-order valence-corrected chi connectivity index (χ0v) is 10.9. The number of alkyl halides is 3. The van der Waals surface area contributed by atoms with E-state index in [-0.39, 0.29) is 29.0 Å². The maximum Gasteiger partial charge on any atom is 0.416 e. The molecule has 0 unspecified atom stereocenters. The van der Waals surface area contributed by atoms with E-state index < -0.39 is 29.5 Å². The Balaban J connectivity index is 2.25. The number of carbonyl (C=O) groups excluding carboxylic acids is 3. The summed E-state index contributed by atoms with van der Waals surface area (Å²) in [5, 5.41) is 0.290. The van der Waals surface area contributed by atoms with E-state index in [1.54, 1.807) is 0 Å². The van der Waals surface area contributed by atoms with Crippen LogP contribution in [0.5, 0.6) is 0 Å². The van der Waals surface area contributed by atoms with Crippen LogP contribution >= 0.6 is 0 Å². The molecule has 21 heavy (non-hydrogen) atoms. The number of imide groups is 1. The lowest BCUT2D eigenvalue weighted by Gasteiger charge is -2.14. The molecule has 2 amide bonds. The Morgan fingerprint density at radius 3 is 2.24 bits per heavy atom. The molecule has 2 rings (SSSR count). The van der Waals surface area contributed by atoms with Crippen LogP contribution in [0.4, 0.5) is 13.2 Å². The lowest BCUT2D eigenvalue weighted by molar-refractivity contribution is -0.172. The van der Waals surface area contributed by atoms with E-state index in [1.807, 2.05) is 0 Å². The summed E-state index contributed by atoms with van der Waals surface area (Å²) in [6.45, 7) is 1.39. The van der Waals surface area contributed by atoms with E-state index in [9.17, 15) is 27.6 Å². The van der Waals surface area contributed by atoms with Crippen LogP contribution in [-0.2, 0) is 20.6 Å². The number of aryl methyl sites for hydroxylation is 1. The number of halogens is 3. The molecule has 1 aromatic rings. The first-order valence-electron chi connectivity index (χ1n) is 5.95. The lowest BCUT2D eigenvalue weighted by atomic mass is 10.1. The molecule has 0 spiro atoms. The average molecular weight is 301 g/mol. The van der Waals surface area contributed by atoms with Crippen molar-refractivity contribution >= 4 is 17.8 Å². The van der Waals surface area contributed by atoms with Gasteiger partial charge in [-0.15, -0.1) is 5.06 Å². The second-order valence-corrected chi connectivity index (χ2v) is 4.55. The lowest BCUT2D eigenvalue weighted by Crippen LogP contribution is -2.32. The maximum absolute atomic E-state index is 12.7. The predicted octanol–water partition coefficient (Wildman–Crippen LogP) is 2.23. The highest BCUT2D eigenvalue weighted by Gasteiger charge is 2.35. The zero-order chi connectivity index (χ0) is 15.8. The molecule has 0 aliphatic carbocycles. The highest BCUT2D eigenvalue weighted by Crippen LogP contribution is 2.30. The van der Waals surface area contributed by atoms with Crippen molar-refractivity contribution in [2.45, 2.75) is 25.9 Å². The van der Waals surface area contributed by atoms with Gasteiger partial charge in [0.15, 0.2) is 0 Å². The molecule has 1 aliphatic rings. The number of rotatable bonds is 2. The molecule has 1 aromatic carbocycles. The van der Waals surface area contributed by atoms with Crippen LogP contribution in [0.15, 0.2) is 18.2 Å². The Hall–Kier alpha value is -2.38. The number of nitrogens with zero attached hydrogens (tertiary/aromatic N) is 1. The fourth-order valence-corrected chi connectivity index (χ4v) is 1.86. The van der Waals surface area contributed by atoms with Gasteiger partial charge in [0.05, 0.1) is 11.1 Å². The Kier molecular flexibility index (Phi) is 3.71. The third kappa shape index (κ3) is 3.21. The summed E-state index contributed by atoms with van der Waals surface area (Å²) in [5.41, 5.74) is -1.18. The fourth-order valence-electron chi connectivity index (χ4n) is 1.86.